The maximum atomic E-state index is 13.0. The van der Waals surface area contributed by atoms with E-state index in [-0.39, 0.29) is 29.9 Å². The van der Waals surface area contributed by atoms with Gasteiger partial charge in [-0.25, -0.2) is 0 Å². The quantitative estimate of drug-likeness (QED) is 0.851. The molecule has 1 saturated heterocycles. The Kier molecular flexibility index (Phi) is 5.37. The molecular formula is C21H30N2O3. The second-order valence-corrected chi connectivity index (χ2v) is 8.22. The molecule has 26 heavy (non-hydrogen) atoms. The number of amides is 2. The summed E-state index contributed by atoms with van der Waals surface area (Å²) in [5.74, 6) is 0.358. The Morgan fingerprint density at radius 3 is 2.42 bits per heavy atom. The number of ether oxygens (including phenoxy) is 1. The number of nitrogens with one attached hydrogen (secondary N) is 1. The van der Waals surface area contributed by atoms with Crippen LogP contribution in [-0.2, 0) is 14.3 Å². The molecule has 1 aromatic carbocycles. The molecule has 5 nitrogen and oxygen atoms in total. The highest BCUT2D eigenvalue weighted by molar-refractivity contribution is 5.86. The molecule has 5 heteroatoms. The normalized spacial score (nSPS) is 24.8. The van der Waals surface area contributed by atoms with E-state index in [9.17, 15) is 9.59 Å². The zero-order valence-corrected chi connectivity index (χ0v) is 16.2. The van der Waals surface area contributed by atoms with Crippen molar-refractivity contribution in [2.45, 2.75) is 58.7 Å². The Hall–Kier alpha value is -1.88. The van der Waals surface area contributed by atoms with Gasteiger partial charge in [-0.15, -0.1) is 0 Å². The molecule has 1 aliphatic carbocycles. The lowest BCUT2D eigenvalue weighted by Gasteiger charge is -2.43. The molecule has 0 aromatic heterocycles. The summed E-state index contributed by atoms with van der Waals surface area (Å²) in [5.41, 5.74) is 1.17. The third kappa shape index (κ3) is 3.63. The summed E-state index contributed by atoms with van der Waals surface area (Å²) < 4.78 is 5.74. The fourth-order valence-electron chi connectivity index (χ4n) is 3.92. The van der Waals surface area contributed by atoms with E-state index in [1.165, 1.54) is 0 Å². The van der Waals surface area contributed by atoms with Crippen molar-refractivity contribution in [3.05, 3.63) is 35.9 Å². The molecule has 1 aromatic rings. The fraction of sp³-hybridized carbons (Fsp3) is 0.619. The molecule has 0 unspecified atom stereocenters. The molecule has 2 atom stereocenters. The van der Waals surface area contributed by atoms with E-state index in [1.54, 1.807) is 4.90 Å². The molecule has 2 amide bonds. The van der Waals surface area contributed by atoms with Crippen LogP contribution in [0.1, 0.15) is 52.1 Å². The van der Waals surface area contributed by atoms with Gasteiger partial charge >= 0.3 is 0 Å². The van der Waals surface area contributed by atoms with E-state index in [2.05, 4.69) is 19.2 Å². The summed E-state index contributed by atoms with van der Waals surface area (Å²) in [4.78, 5) is 27.2. The third-order valence-corrected chi connectivity index (χ3v) is 5.95. The largest absolute Gasteiger partial charge is 0.356 e. The van der Waals surface area contributed by atoms with E-state index in [4.69, 9.17) is 4.74 Å². The highest BCUT2D eigenvalue weighted by Crippen LogP contribution is 2.51. The van der Waals surface area contributed by atoms with E-state index in [0.717, 1.165) is 18.4 Å². The summed E-state index contributed by atoms with van der Waals surface area (Å²) in [6.07, 6.45) is 1.64. The SMILES string of the molecule is CC(C)N1C(=O)CO[C@H](C(=O)NCC2(C(C)C)CC2)[C@H]1c1ccccc1. The predicted molar refractivity (Wildman–Crippen MR) is 100 cm³/mol. The Morgan fingerprint density at radius 2 is 1.88 bits per heavy atom. The maximum absolute atomic E-state index is 13.0. The van der Waals surface area contributed by atoms with Crippen molar-refractivity contribution in [3.63, 3.8) is 0 Å². The van der Waals surface area contributed by atoms with Crippen LogP contribution in [-0.4, -0.2) is 42.0 Å². The number of carbonyl (C=O) groups is 2. The van der Waals surface area contributed by atoms with Crippen LogP contribution in [0.5, 0.6) is 0 Å². The molecule has 0 spiro atoms. The lowest BCUT2D eigenvalue weighted by molar-refractivity contribution is -0.167. The number of rotatable bonds is 6. The van der Waals surface area contributed by atoms with Gasteiger partial charge in [-0.3, -0.25) is 9.59 Å². The van der Waals surface area contributed by atoms with E-state index in [0.29, 0.717) is 12.5 Å². The minimum absolute atomic E-state index is 0.00246. The number of hydrogen-bond acceptors (Lipinski definition) is 3. The number of carbonyl (C=O) groups excluding carboxylic acids is 2. The summed E-state index contributed by atoms with van der Waals surface area (Å²) in [6.45, 7) is 9.01. The van der Waals surface area contributed by atoms with Gasteiger partial charge in [0.2, 0.25) is 5.91 Å². The van der Waals surface area contributed by atoms with Crippen LogP contribution in [0.15, 0.2) is 30.3 Å². The van der Waals surface area contributed by atoms with Gasteiger partial charge in [-0.05, 0) is 43.6 Å². The van der Waals surface area contributed by atoms with Crippen LogP contribution in [0.3, 0.4) is 0 Å². The van der Waals surface area contributed by atoms with Gasteiger partial charge in [0.15, 0.2) is 6.10 Å². The molecule has 3 rings (SSSR count). The summed E-state index contributed by atoms with van der Waals surface area (Å²) in [6, 6.07) is 9.31. The van der Waals surface area contributed by atoms with Crippen molar-refractivity contribution in [2.24, 2.45) is 11.3 Å². The van der Waals surface area contributed by atoms with Gasteiger partial charge in [0.25, 0.3) is 5.91 Å². The van der Waals surface area contributed by atoms with Crippen molar-refractivity contribution in [1.82, 2.24) is 10.2 Å². The second kappa shape index (κ2) is 7.39. The Labute approximate surface area is 156 Å². The number of morpholine rings is 1. The highest BCUT2D eigenvalue weighted by Gasteiger charge is 2.47. The van der Waals surface area contributed by atoms with Gasteiger partial charge in [-0.2, -0.15) is 0 Å². The summed E-state index contributed by atoms with van der Waals surface area (Å²) in [7, 11) is 0. The maximum Gasteiger partial charge on any atom is 0.251 e. The molecule has 142 valence electrons. The first kappa shape index (κ1) is 18.9. The minimum atomic E-state index is -0.680. The van der Waals surface area contributed by atoms with Crippen LogP contribution in [0.2, 0.25) is 0 Å². The average Bonchev–Trinajstić information content (AvgIpc) is 3.41. The van der Waals surface area contributed by atoms with Crippen molar-refractivity contribution in [2.75, 3.05) is 13.2 Å². The number of benzene rings is 1. The van der Waals surface area contributed by atoms with Crippen molar-refractivity contribution < 1.29 is 14.3 Å². The van der Waals surface area contributed by atoms with E-state index < -0.39 is 12.1 Å². The van der Waals surface area contributed by atoms with Crippen molar-refractivity contribution in [1.29, 1.82) is 0 Å². The molecule has 1 heterocycles. The van der Waals surface area contributed by atoms with Gasteiger partial charge in [-0.1, -0.05) is 44.2 Å². The van der Waals surface area contributed by atoms with Gasteiger partial charge < -0.3 is 15.0 Å². The lowest BCUT2D eigenvalue weighted by Crippen LogP contribution is -2.56. The van der Waals surface area contributed by atoms with Crippen LogP contribution in [0.4, 0.5) is 0 Å². The zero-order valence-electron chi connectivity index (χ0n) is 16.2. The van der Waals surface area contributed by atoms with E-state index in [1.807, 2.05) is 44.2 Å². The van der Waals surface area contributed by atoms with Crippen molar-refractivity contribution in [3.8, 4) is 0 Å². The Bertz CT molecular complexity index is 652. The van der Waals surface area contributed by atoms with Crippen LogP contribution >= 0.6 is 0 Å². The topological polar surface area (TPSA) is 58.6 Å². The molecule has 1 N–H and O–H groups in total. The monoisotopic (exact) mass is 358 g/mol. The average molecular weight is 358 g/mol. The molecule has 1 saturated carbocycles. The minimum Gasteiger partial charge on any atom is -0.356 e. The second-order valence-electron chi connectivity index (χ2n) is 8.22. The first-order valence-electron chi connectivity index (χ1n) is 9.61. The molecular weight excluding hydrogens is 328 g/mol. The summed E-state index contributed by atoms with van der Waals surface area (Å²) in [5, 5.41) is 3.11. The Balaban J connectivity index is 1.81. The van der Waals surface area contributed by atoms with Crippen LogP contribution < -0.4 is 5.32 Å². The first-order chi connectivity index (χ1) is 12.4. The fourth-order valence-corrected chi connectivity index (χ4v) is 3.92. The smallest absolute Gasteiger partial charge is 0.251 e. The van der Waals surface area contributed by atoms with Gasteiger partial charge in [0.05, 0.1) is 6.04 Å². The van der Waals surface area contributed by atoms with Gasteiger partial charge in [0.1, 0.15) is 6.61 Å². The molecule has 1 aliphatic heterocycles. The zero-order chi connectivity index (χ0) is 18.9. The number of nitrogens with zero attached hydrogens (tertiary/aromatic N) is 1. The molecule has 0 bridgehead atoms. The Morgan fingerprint density at radius 1 is 1.23 bits per heavy atom. The highest BCUT2D eigenvalue weighted by atomic mass is 16.5. The molecule has 2 fully saturated rings. The summed E-state index contributed by atoms with van der Waals surface area (Å²) >= 11 is 0. The van der Waals surface area contributed by atoms with Gasteiger partial charge in [0, 0.05) is 12.6 Å². The van der Waals surface area contributed by atoms with Crippen LogP contribution in [0.25, 0.3) is 0 Å². The van der Waals surface area contributed by atoms with Crippen molar-refractivity contribution >= 4 is 11.8 Å². The standard InChI is InChI=1S/C21H30N2O3/c1-14(2)21(10-11-21)13-22-20(25)19-18(16-8-6-5-7-9-16)23(15(3)4)17(24)12-26-19/h5-9,14-15,18-19H,10-13H2,1-4H3,(H,22,25)/t18-,19+/m1/s1. The third-order valence-electron chi connectivity index (χ3n) is 5.95. The predicted octanol–water partition coefficient (Wildman–Crippen LogP) is 2.92. The molecule has 0 radical (unpaired) electrons. The number of hydrogen-bond donors (Lipinski definition) is 1. The van der Waals surface area contributed by atoms with E-state index >= 15 is 0 Å². The molecule has 2 aliphatic rings. The lowest BCUT2D eigenvalue weighted by atomic mass is 9.91. The first-order valence-corrected chi connectivity index (χ1v) is 9.61. The van der Waals surface area contributed by atoms with Crippen LogP contribution in [0, 0.1) is 11.3 Å².